The van der Waals surface area contributed by atoms with Gasteiger partial charge in [-0.25, -0.2) is 0 Å². The van der Waals surface area contributed by atoms with Crippen molar-refractivity contribution in [3.63, 3.8) is 0 Å². The highest BCUT2D eigenvalue weighted by Gasteiger charge is 2.37. The summed E-state index contributed by atoms with van der Waals surface area (Å²) in [4.78, 5) is 0. The van der Waals surface area contributed by atoms with E-state index in [4.69, 9.17) is 5.73 Å². The molecule has 0 unspecified atom stereocenters. The van der Waals surface area contributed by atoms with Gasteiger partial charge in [-0.1, -0.05) is 12.1 Å². The van der Waals surface area contributed by atoms with Crippen molar-refractivity contribution in [2.45, 2.75) is 18.6 Å². The van der Waals surface area contributed by atoms with E-state index >= 15 is 0 Å². The average molecular weight is 231 g/mol. The first kappa shape index (κ1) is 12.6. The van der Waals surface area contributed by atoms with E-state index in [9.17, 15) is 18.3 Å². The smallest absolute Gasteiger partial charge is 0.407 e. The third-order valence-corrected chi connectivity index (χ3v) is 2.18. The quantitative estimate of drug-likeness (QED) is 0.785. The second-order valence-electron chi connectivity index (χ2n) is 3.40. The molecule has 16 heavy (non-hydrogen) atoms. The molecule has 0 aliphatic rings. The van der Waals surface area contributed by atoms with E-state index in [0.29, 0.717) is 12.0 Å². The molecule has 0 bridgehead atoms. The minimum atomic E-state index is -4.48. The molecule has 1 rings (SSSR count). The molecule has 0 aliphatic heterocycles. The summed E-state index contributed by atoms with van der Waals surface area (Å²) in [7, 11) is 0. The topological polar surface area (TPSA) is 46.2 Å². The Morgan fingerprint density at radius 2 is 2.06 bits per heavy atom. The molecular weight excluding hydrogens is 219 g/mol. The molecule has 3 N–H and O–H groups in total. The van der Waals surface area contributed by atoms with Gasteiger partial charge in [0.15, 0.2) is 0 Å². The predicted molar refractivity (Wildman–Crippen MR) is 55.0 cm³/mol. The van der Waals surface area contributed by atoms with Crippen LogP contribution < -0.4 is 5.73 Å². The zero-order valence-corrected chi connectivity index (χ0v) is 8.46. The number of phenolic OH excluding ortho intramolecular Hbond substituents is 1. The number of hydrogen-bond acceptors (Lipinski definition) is 2. The number of aromatic hydroxyl groups is 1. The standard InChI is InChI=1S/C11H12F3NO/c1-2-3-7-6-8(4-5-9(7)16)10(15)11(12,13)14/h2,4-6,10,16H,1,3,15H2/t10-/m0/s1. The zero-order valence-electron chi connectivity index (χ0n) is 8.46. The third-order valence-electron chi connectivity index (χ3n) is 2.18. The van der Waals surface area contributed by atoms with Gasteiger partial charge in [-0.05, 0) is 29.7 Å². The number of phenols is 1. The number of alkyl halides is 3. The summed E-state index contributed by atoms with van der Waals surface area (Å²) in [5.74, 6) is -0.0574. The molecule has 88 valence electrons. The summed E-state index contributed by atoms with van der Waals surface area (Å²) in [5.41, 5.74) is 5.37. The van der Waals surface area contributed by atoms with E-state index in [2.05, 4.69) is 6.58 Å². The maximum absolute atomic E-state index is 12.3. The molecule has 0 heterocycles. The molecule has 1 aromatic carbocycles. The van der Waals surface area contributed by atoms with Crippen LogP contribution in [0, 0.1) is 0 Å². The third kappa shape index (κ3) is 2.76. The minimum Gasteiger partial charge on any atom is -0.508 e. The van der Waals surface area contributed by atoms with Gasteiger partial charge in [-0.3, -0.25) is 0 Å². The van der Waals surface area contributed by atoms with Crippen LogP contribution in [0.3, 0.4) is 0 Å². The van der Waals surface area contributed by atoms with E-state index in [1.165, 1.54) is 24.3 Å². The first-order valence-corrected chi connectivity index (χ1v) is 4.61. The van der Waals surface area contributed by atoms with Crippen LogP contribution in [-0.2, 0) is 6.42 Å². The zero-order chi connectivity index (χ0) is 12.3. The van der Waals surface area contributed by atoms with Gasteiger partial charge in [0.05, 0.1) is 0 Å². The Morgan fingerprint density at radius 3 is 2.56 bits per heavy atom. The highest BCUT2D eigenvalue weighted by atomic mass is 19.4. The fourth-order valence-corrected chi connectivity index (χ4v) is 1.31. The Kier molecular flexibility index (Phi) is 3.59. The molecule has 0 saturated carbocycles. The van der Waals surface area contributed by atoms with Crippen LogP contribution >= 0.6 is 0 Å². The van der Waals surface area contributed by atoms with Crippen LogP contribution in [0.1, 0.15) is 17.2 Å². The molecule has 5 heteroatoms. The Hall–Kier alpha value is -1.49. The van der Waals surface area contributed by atoms with Crippen molar-refractivity contribution in [3.05, 3.63) is 42.0 Å². The van der Waals surface area contributed by atoms with Gasteiger partial charge in [0.25, 0.3) is 0 Å². The van der Waals surface area contributed by atoms with Crippen LogP contribution in [-0.4, -0.2) is 11.3 Å². The lowest BCUT2D eigenvalue weighted by molar-refractivity contribution is -0.149. The van der Waals surface area contributed by atoms with E-state index in [1.54, 1.807) is 0 Å². The molecule has 0 spiro atoms. The fourth-order valence-electron chi connectivity index (χ4n) is 1.31. The molecule has 0 radical (unpaired) electrons. The predicted octanol–water partition coefficient (Wildman–Crippen LogP) is 2.68. The van der Waals surface area contributed by atoms with E-state index < -0.39 is 12.2 Å². The van der Waals surface area contributed by atoms with Gasteiger partial charge in [0, 0.05) is 0 Å². The molecule has 0 fully saturated rings. The maximum Gasteiger partial charge on any atom is 0.407 e. The molecule has 2 nitrogen and oxygen atoms in total. The lowest BCUT2D eigenvalue weighted by Crippen LogP contribution is -2.28. The normalized spacial score (nSPS) is 13.5. The Morgan fingerprint density at radius 1 is 1.44 bits per heavy atom. The lowest BCUT2D eigenvalue weighted by atomic mass is 10.0. The minimum absolute atomic E-state index is 0.0574. The van der Waals surface area contributed by atoms with Crippen LogP contribution in [0.25, 0.3) is 0 Å². The Bertz CT molecular complexity index is 387. The molecule has 0 saturated heterocycles. The van der Waals surface area contributed by atoms with Crippen LogP contribution in [0.15, 0.2) is 30.9 Å². The maximum atomic E-state index is 12.3. The number of benzene rings is 1. The fraction of sp³-hybridized carbons (Fsp3) is 0.273. The first-order chi connectivity index (χ1) is 7.36. The number of hydrogen-bond donors (Lipinski definition) is 2. The van der Waals surface area contributed by atoms with Crippen molar-refractivity contribution in [2.75, 3.05) is 0 Å². The summed E-state index contributed by atoms with van der Waals surface area (Å²) >= 11 is 0. The molecule has 1 aromatic rings. The monoisotopic (exact) mass is 231 g/mol. The summed E-state index contributed by atoms with van der Waals surface area (Å²) in [6.45, 7) is 3.46. The highest BCUT2D eigenvalue weighted by molar-refractivity contribution is 5.38. The van der Waals surface area contributed by atoms with Crippen molar-refractivity contribution < 1.29 is 18.3 Å². The second-order valence-corrected chi connectivity index (χ2v) is 3.40. The summed E-state index contributed by atoms with van der Waals surface area (Å²) < 4.78 is 37.0. The van der Waals surface area contributed by atoms with E-state index in [0.717, 1.165) is 0 Å². The van der Waals surface area contributed by atoms with Gasteiger partial charge in [0.1, 0.15) is 11.8 Å². The lowest BCUT2D eigenvalue weighted by Gasteiger charge is -2.16. The Labute approximate surface area is 91.2 Å². The molecule has 0 aliphatic carbocycles. The van der Waals surface area contributed by atoms with Gasteiger partial charge in [-0.15, -0.1) is 6.58 Å². The van der Waals surface area contributed by atoms with Gasteiger partial charge in [0.2, 0.25) is 0 Å². The van der Waals surface area contributed by atoms with Crippen LogP contribution in [0.4, 0.5) is 13.2 Å². The molecule has 1 atom stereocenters. The van der Waals surface area contributed by atoms with Gasteiger partial charge >= 0.3 is 6.18 Å². The second kappa shape index (κ2) is 4.57. The van der Waals surface area contributed by atoms with Crippen molar-refractivity contribution >= 4 is 0 Å². The van der Waals surface area contributed by atoms with Crippen LogP contribution in [0.2, 0.25) is 0 Å². The summed E-state index contributed by atoms with van der Waals surface area (Å²) in [6.07, 6.45) is -2.69. The largest absolute Gasteiger partial charge is 0.508 e. The van der Waals surface area contributed by atoms with E-state index in [-0.39, 0.29) is 11.3 Å². The highest BCUT2D eigenvalue weighted by Crippen LogP contribution is 2.32. The molecular formula is C11H12F3NO. The number of rotatable bonds is 3. The van der Waals surface area contributed by atoms with Crippen molar-refractivity contribution in [3.8, 4) is 5.75 Å². The Balaban J connectivity index is 3.07. The number of allylic oxidation sites excluding steroid dienone is 1. The molecule has 0 aromatic heterocycles. The van der Waals surface area contributed by atoms with Crippen molar-refractivity contribution in [1.29, 1.82) is 0 Å². The SMILES string of the molecule is C=CCc1cc([C@H](N)C(F)(F)F)ccc1O. The average Bonchev–Trinajstić information content (AvgIpc) is 2.19. The van der Waals surface area contributed by atoms with Gasteiger partial charge in [-0.2, -0.15) is 13.2 Å². The van der Waals surface area contributed by atoms with Crippen LogP contribution in [0.5, 0.6) is 5.75 Å². The summed E-state index contributed by atoms with van der Waals surface area (Å²) in [6, 6.07) is 1.59. The van der Waals surface area contributed by atoms with Crippen molar-refractivity contribution in [1.82, 2.24) is 0 Å². The van der Waals surface area contributed by atoms with Crippen molar-refractivity contribution in [2.24, 2.45) is 5.73 Å². The summed E-state index contributed by atoms with van der Waals surface area (Å²) in [5, 5.41) is 9.38. The number of nitrogens with two attached hydrogens (primary N) is 1. The molecule has 0 amide bonds. The number of halogens is 3. The first-order valence-electron chi connectivity index (χ1n) is 4.61. The van der Waals surface area contributed by atoms with Gasteiger partial charge < -0.3 is 10.8 Å². The van der Waals surface area contributed by atoms with E-state index in [1.807, 2.05) is 0 Å².